The monoisotopic (exact) mass is 415 g/mol. The molecule has 0 saturated carbocycles. The fourth-order valence-electron chi connectivity index (χ4n) is 3.36. The zero-order valence-electron chi connectivity index (χ0n) is 16.0. The standard InChI is InChI=1S/C20H25N5O3S/c21-18(27)16-9-11-29-19(16)24-17(26)13-25-10-5-4-8-15(25)12-22-20(28)23-14-6-2-1-3-7-14/h1-3,6-7,9,11,15H,4-5,8,10,12-13H2,(H2,21,27)(H,24,26)(H2,22,23,28). The number of benzene rings is 1. The molecule has 5 N–H and O–H groups in total. The van der Waals surface area contributed by atoms with Gasteiger partial charge in [-0.05, 0) is 43.0 Å². The number of nitrogens with two attached hydrogens (primary N) is 1. The number of para-hydroxylation sites is 1. The lowest BCUT2D eigenvalue weighted by Crippen LogP contribution is -2.49. The molecule has 2 heterocycles. The zero-order chi connectivity index (χ0) is 20.6. The highest BCUT2D eigenvalue weighted by Gasteiger charge is 2.25. The number of urea groups is 1. The van der Waals surface area contributed by atoms with Gasteiger partial charge in [-0.1, -0.05) is 24.6 Å². The van der Waals surface area contributed by atoms with E-state index in [-0.39, 0.29) is 24.5 Å². The number of carbonyl (C=O) groups excluding carboxylic acids is 3. The van der Waals surface area contributed by atoms with Gasteiger partial charge in [0.25, 0.3) is 5.91 Å². The van der Waals surface area contributed by atoms with Crippen LogP contribution >= 0.6 is 11.3 Å². The smallest absolute Gasteiger partial charge is 0.319 e. The zero-order valence-corrected chi connectivity index (χ0v) is 16.8. The number of likely N-dealkylation sites (tertiary alicyclic amines) is 1. The van der Waals surface area contributed by atoms with Crippen LogP contribution in [0.3, 0.4) is 0 Å². The molecule has 8 nitrogen and oxygen atoms in total. The van der Waals surface area contributed by atoms with Gasteiger partial charge in [0.15, 0.2) is 0 Å². The Kier molecular flexibility index (Phi) is 7.20. The van der Waals surface area contributed by atoms with Crippen molar-refractivity contribution in [3.8, 4) is 0 Å². The third-order valence-electron chi connectivity index (χ3n) is 4.81. The van der Waals surface area contributed by atoms with Crippen LogP contribution in [-0.2, 0) is 4.79 Å². The molecule has 4 amide bonds. The second kappa shape index (κ2) is 10.0. The van der Waals surface area contributed by atoms with Gasteiger partial charge < -0.3 is 21.7 Å². The van der Waals surface area contributed by atoms with Gasteiger partial charge in [0.05, 0.1) is 12.1 Å². The van der Waals surface area contributed by atoms with Gasteiger partial charge >= 0.3 is 6.03 Å². The summed E-state index contributed by atoms with van der Waals surface area (Å²) < 4.78 is 0. The van der Waals surface area contributed by atoms with Crippen LogP contribution in [0, 0.1) is 0 Å². The highest BCUT2D eigenvalue weighted by Crippen LogP contribution is 2.23. The molecule has 3 rings (SSSR count). The first-order chi connectivity index (χ1) is 14.0. The molecule has 0 aliphatic carbocycles. The number of piperidine rings is 1. The fourth-order valence-corrected chi connectivity index (χ4v) is 4.17. The lowest BCUT2D eigenvalue weighted by atomic mass is 10.0. The largest absolute Gasteiger partial charge is 0.366 e. The summed E-state index contributed by atoms with van der Waals surface area (Å²) in [4.78, 5) is 38.1. The Morgan fingerprint density at radius 1 is 1.10 bits per heavy atom. The van der Waals surface area contributed by atoms with E-state index in [1.54, 1.807) is 11.4 Å². The van der Waals surface area contributed by atoms with Crippen molar-refractivity contribution in [3.05, 3.63) is 47.3 Å². The molecule has 0 spiro atoms. The van der Waals surface area contributed by atoms with E-state index < -0.39 is 5.91 Å². The van der Waals surface area contributed by atoms with Crippen LogP contribution in [0.4, 0.5) is 15.5 Å². The molecular weight excluding hydrogens is 390 g/mol. The van der Waals surface area contributed by atoms with Crippen LogP contribution in [0.5, 0.6) is 0 Å². The molecule has 9 heteroatoms. The van der Waals surface area contributed by atoms with Gasteiger partial charge in [0.1, 0.15) is 5.00 Å². The number of primary amides is 1. The molecular formula is C20H25N5O3S. The average molecular weight is 416 g/mol. The Bertz CT molecular complexity index is 855. The van der Waals surface area contributed by atoms with Crippen molar-refractivity contribution in [1.29, 1.82) is 0 Å². The lowest BCUT2D eigenvalue weighted by molar-refractivity contribution is -0.118. The molecule has 0 radical (unpaired) electrons. The predicted molar refractivity (Wildman–Crippen MR) is 114 cm³/mol. The Labute approximate surface area is 173 Å². The number of thiophene rings is 1. The Morgan fingerprint density at radius 2 is 1.90 bits per heavy atom. The Morgan fingerprint density at radius 3 is 2.66 bits per heavy atom. The van der Waals surface area contributed by atoms with Gasteiger partial charge in [0, 0.05) is 18.3 Å². The number of carbonyl (C=O) groups is 3. The lowest BCUT2D eigenvalue weighted by Gasteiger charge is -2.35. The van der Waals surface area contributed by atoms with E-state index in [0.717, 1.165) is 31.5 Å². The van der Waals surface area contributed by atoms with Crippen molar-refractivity contribution in [2.24, 2.45) is 5.73 Å². The van der Waals surface area contributed by atoms with Crippen LogP contribution in [0.1, 0.15) is 29.6 Å². The SMILES string of the molecule is NC(=O)c1ccsc1NC(=O)CN1CCCCC1CNC(=O)Nc1ccccc1. The molecule has 2 aromatic rings. The highest BCUT2D eigenvalue weighted by atomic mass is 32.1. The van der Waals surface area contributed by atoms with Crippen LogP contribution < -0.4 is 21.7 Å². The van der Waals surface area contributed by atoms with Gasteiger partial charge in [-0.15, -0.1) is 11.3 Å². The first-order valence-corrected chi connectivity index (χ1v) is 10.4. The van der Waals surface area contributed by atoms with Crippen LogP contribution in [0.15, 0.2) is 41.8 Å². The molecule has 0 bridgehead atoms. The molecule has 1 fully saturated rings. The maximum atomic E-state index is 12.5. The topological polar surface area (TPSA) is 117 Å². The van der Waals surface area contributed by atoms with E-state index in [0.29, 0.717) is 17.1 Å². The minimum absolute atomic E-state index is 0.0787. The molecule has 1 saturated heterocycles. The molecule has 1 aromatic heterocycles. The molecule has 1 aliphatic rings. The summed E-state index contributed by atoms with van der Waals surface area (Å²) in [6.45, 7) is 1.44. The van der Waals surface area contributed by atoms with Crippen molar-refractivity contribution >= 4 is 39.9 Å². The number of hydrogen-bond acceptors (Lipinski definition) is 5. The van der Waals surface area contributed by atoms with Gasteiger partial charge in [-0.2, -0.15) is 0 Å². The molecule has 29 heavy (non-hydrogen) atoms. The molecule has 1 aliphatic heterocycles. The average Bonchev–Trinajstić information content (AvgIpc) is 3.16. The Balaban J connectivity index is 1.51. The van der Waals surface area contributed by atoms with E-state index in [4.69, 9.17) is 5.73 Å². The van der Waals surface area contributed by atoms with Crippen molar-refractivity contribution in [3.63, 3.8) is 0 Å². The molecule has 1 atom stereocenters. The van der Waals surface area contributed by atoms with E-state index in [2.05, 4.69) is 20.9 Å². The van der Waals surface area contributed by atoms with E-state index in [1.165, 1.54) is 11.3 Å². The number of nitrogens with one attached hydrogen (secondary N) is 3. The first kappa shape index (κ1) is 20.8. The summed E-state index contributed by atoms with van der Waals surface area (Å²) in [5.41, 5.74) is 6.37. The summed E-state index contributed by atoms with van der Waals surface area (Å²) in [6, 6.07) is 10.6. The first-order valence-electron chi connectivity index (χ1n) is 9.54. The quantitative estimate of drug-likeness (QED) is 0.556. The van der Waals surface area contributed by atoms with Gasteiger partial charge in [0.2, 0.25) is 5.91 Å². The van der Waals surface area contributed by atoms with Crippen molar-refractivity contribution < 1.29 is 14.4 Å². The van der Waals surface area contributed by atoms with Crippen LogP contribution in [-0.4, -0.2) is 48.4 Å². The van der Waals surface area contributed by atoms with Crippen molar-refractivity contribution in [2.45, 2.75) is 25.3 Å². The molecule has 1 unspecified atom stereocenters. The normalized spacial score (nSPS) is 16.8. The maximum Gasteiger partial charge on any atom is 0.319 e. The van der Waals surface area contributed by atoms with Crippen LogP contribution in [0.2, 0.25) is 0 Å². The number of anilines is 2. The second-order valence-electron chi connectivity index (χ2n) is 6.90. The van der Waals surface area contributed by atoms with E-state index in [9.17, 15) is 14.4 Å². The van der Waals surface area contributed by atoms with Crippen molar-refractivity contribution in [1.82, 2.24) is 10.2 Å². The van der Waals surface area contributed by atoms with Gasteiger partial charge in [-0.3, -0.25) is 14.5 Å². The summed E-state index contributed by atoms with van der Waals surface area (Å²) >= 11 is 1.27. The molecule has 1 aromatic carbocycles. The van der Waals surface area contributed by atoms with E-state index >= 15 is 0 Å². The van der Waals surface area contributed by atoms with Crippen molar-refractivity contribution in [2.75, 3.05) is 30.3 Å². The number of hydrogen-bond donors (Lipinski definition) is 4. The fraction of sp³-hybridized carbons (Fsp3) is 0.350. The number of rotatable bonds is 7. The highest BCUT2D eigenvalue weighted by molar-refractivity contribution is 7.14. The van der Waals surface area contributed by atoms with E-state index in [1.807, 2.05) is 30.3 Å². The number of amides is 4. The third kappa shape index (κ3) is 6.03. The minimum Gasteiger partial charge on any atom is -0.366 e. The Hall–Kier alpha value is -2.91. The number of nitrogens with zero attached hydrogens (tertiary/aromatic N) is 1. The summed E-state index contributed by atoms with van der Waals surface area (Å²) in [6.07, 6.45) is 2.97. The second-order valence-corrected chi connectivity index (χ2v) is 7.81. The predicted octanol–water partition coefficient (Wildman–Crippen LogP) is 2.46. The van der Waals surface area contributed by atoms with Crippen LogP contribution in [0.25, 0.3) is 0 Å². The summed E-state index contributed by atoms with van der Waals surface area (Å²) in [5.74, 6) is -0.762. The van der Waals surface area contributed by atoms with Gasteiger partial charge in [-0.25, -0.2) is 4.79 Å². The third-order valence-corrected chi connectivity index (χ3v) is 5.64. The maximum absolute atomic E-state index is 12.5. The summed E-state index contributed by atoms with van der Waals surface area (Å²) in [7, 11) is 0. The molecule has 154 valence electrons. The summed E-state index contributed by atoms with van der Waals surface area (Å²) in [5, 5.41) is 10.6. The minimum atomic E-state index is -0.564.